The average molecular weight is 275 g/mol. The SMILES string of the molecule is Cc1cc(-n2ccnc2)n2ncc(-c3ccccc3)c2n1. The second-order valence-electron chi connectivity index (χ2n) is 4.89. The van der Waals surface area contributed by atoms with E-state index in [1.807, 2.05) is 52.7 Å². The maximum absolute atomic E-state index is 4.65. The van der Waals surface area contributed by atoms with Gasteiger partial charge in [-0.3, -0.25) is 4.57 Å². The summed E-state index contributed by atoms with van der Waals surface area (Å²) in [4.78, 5) is 8.75. The van der Waals surface area contributed by atoms with Crippen LogP contribution in [0.3, 0.4) is 0 Å². The van der Waals surface area contributed by atoms with Gasteiger partial charge in [0.1, 0.15) is 12.1 Å². The highest BCUT2D eigenvalue weighted by Crippen LogP contribution is 2.24. The highest BCUT2D eigenvalue weighted by Gasteiger charge is 2.12. The molecule has 0 bridgehead atoms. The van der Waals surface area contributed by atoms with E-state index >= 15 is 0 Å². The van der Waals surface area contributed by atoms with Gasteiger partial charge in [0.2, 0.25) is 0 Å². The number of fused-ring (bicyclic) bond motifs is 1. The molecule has 0 radical (unpaired) electrons. The van der Waals surface area contributed by atoms with Crippen molar-refractivity contribution < 1.29 is 0 Å². The predicted molar refractivity (Wildman–Crippen MR) is 80.3 cm³/mol. The number of aryl methyl sites for hydroxylation is 1. The maximum Gasteiger partial charge on any atom is 0.165 e. The molecule has 21 heavy (non-hydrogen) atoms. The summed E-state index contributed by atoms with van der Waals surface area (Å²) in [6.07, 6.45) is 7.27. The van der Waals surface area contributed by atoms with Crippen LogP contribution in [-0.2, 0) is 0 Å². The molecule has 0 aliphatic heterocycles. The summed E-state index contributed by atoms with van der Waals surface area (Å²) >= 11 is 0. The Balaban J connectivity index is 2.01. The summed E-state index contributed by atoms with van der Waals surface area (Å²) in [6.45, 7) is 1.99. The van der Waals surface area contributed by atoms with Crippen molar-refractivity contribution in [3.05, 3.63) is 67.0 Å². The summed E-state index contributed by atoms with van der Waals surface area (Å²) in [5, 5.41) is 4.50. The van der Waals surface area contributed by atoms with Crippen LogP contribution < -0.4 is 0 Å². The molecule has 3 aromatic heterocycles. The minimum absolute atomic E-state index is 0.852. The molecule has 0 saturated heterocycles. The first-order chi connectivity index (χ1) is 10.3. The first-order valence-corrected chi connectivity index (χ1v) is 6.72. The van der Waals surface area contributed by atoms with Crippen LogP contribution in [0.1, 0.15) is 5.69 Å². The maximum atomic E-state index is 4.65. The second-order valence-corrected chi connectivity index (χ2v) is 4.89. The number of benzene rings is 1. The predicted octanol–water partition coefficient (Wildman–Crippen LogP) is 2.89. The van der Waals surface area contributed by atoms with Crippen molar-refractivity contribution in [3.63, 3.8) is 0 Å². The van der Waals surface area contributed by atoms with Crippen LogP contribution >= 0.6 is 0 Å². The molecular weight excluding hydrogens is 262 g/mol. The number of hydrogen-bond donors (Lipinski definition) is 0. The number of imidazole rings is 1. The molecule has 0 spiro atoms. The number of hydrogen-bond acceptors (Lipinski definition) is 3. The second kappa shape index (κ2) is 4.56. The number of rotatable bonds is 2. The van der Waals surface area contributed by atoms with Gasteiger partial charge in [0.25, 0.3) is 0 Å². The van der Waals surface area contributed by atoms with E-state index in [0.29, 0.717) is 0 Å². The van der Waals surface area contributed by atoms with E-state index in [1.54, 1.807) is 12.5 Å². The molecule has 0 N–H and O–H groups in total. The van der Waals surface area contributed by atoms with Crippen molar-refractivity contribution in [2.75, 3.05) is 0 Å². The minimum Gasteiger partial charge on any atom is -0.290 e. The van der Waals surface area contributed by atoms with E-state index in [-0.39, 0.29) is 0 Å². The number of nitrogens with zero attached hydrogens (tertiary/aromatic N) is 5. The van der Waals surface area contributed by atoms with Crippen LogP contribution in [0.5, 0.6) is 0 Å². The van der Waals surface area contributed by atoms with Crippen LogP contribution in [0.15, 0.2) is 61.3 Å². The van der Waals surface area contributed by atoms with Gasteiger partial charge in [-0.15, -0.1) is 0 Å². The van der Waals surface area contributed by atoms with E-state index in [4.69, 9.17) is 0 Å². The zero-order valence-corrected chi connectivity index (χ0v) is 11.5. The van der Waals surface area contributed by atoms with Gasteiger partial charge in [-0.05, 0) is 12.5 Å². The van der Waals surface area contributed by atoms with Gasteiger partial charge in [-0.2, -0.15) is 9.61 Å². The Morgan fingerprint density at radius 2 is 1.95 bits per heavy atom. The van der Waals surface area contributed by atoms with Gasteiger partial charge in [0, 0.05) is 29.7 Å². The van der Waals surface area contributed by atoms with Crippen molar-refractivity contribution in [1.82, 2.24) is 24.1 Å². The Kier molecular flexibility index (Phi) is 2.57. The third kappa shape index (κ3) is 1.90. The molecule has 0 saturated carbocycles. The molecule has 3 heterocycles. The van der Waals surface area contributed by atoms with Gasteiger partial charge >= 0.3 is 0 Å². The Morgan fingerprint density at radius 3 is 2.71 bits per heavy atom. The highest BCUT2D eigenvalue weighted by molar-refractivity contribution is 5.77. The van der Waals surface area contributed by atoms with E-state index < -0.39 is 0 Å². The normalized spacial score (nSPS) is 11.1. The molecule has 5 nitrogen and oxygen atoms in total. The van der Waals surface area contributed by atoms with Crippen LogP contribution in [0, 0.1) is 6.92 Å². The van der Waals surface area contributed by atoms with Crippen LogP contribution in [0.2, 0.25) is 0 Å². The van der Waals surface area contributed by atoms with Gasteiger partial charge in [0.05, 0.1) is 6.20 Å². The zero-order valence-electron chi connectivity index (χ0n) is 11.5. The van der Waals surface area contributed by atoms with Gasteiger partial charge in [0.15, 0.2) is 5.65 Å². The fraction of sp³-hybridized carbons (Fsp3) is 0.0625. The molecule has 4 aromatic rings. The molecule has 0 amide bonds. The van der Waals surface area contributed by atoms with E-state index in [9.17, 15) is 0 Å². The molecule has 0 unspecified atom stereocenters. The molecular formula is C16H13N5. The molecule has 0 fully saturated rings. The van der Waals surface area contributed by atoms with Crippen LogP contribution in [0.25, 0.3) is 22.6 Å². The molecule has 102 valence electrons. The van der Waals surface area contributed by atoms with E-state index in [0.717, 1.165) is 28.3 Å². The standard InChI is InChI=1S/C16H13N5/c1-12-9-15(20-8-7-17-11-20)21-16(19-12)14(10-18-21)13-5-3-2-4-6-13/h2-11H,1H3. The van der Waals surface area contributed by atoms with Gasteiger partial charge in [-0.25, -0.2) is 9.97 Å². The molecule has 1 aromatic carbocycles. The van der Waals surface area contributed by atoms with Crippen molar-refractivity contribution in [2.45, 2.75) is 6.92 Å². The lowest BCUT2D eigenvalue weighted by atomic mass is 10.1. The van der Waals surface area contributed by atoms with E-state index in [1.165, 1.54) is 0 Å². The minimum atomic E-state index is 0.852. The molecule has 4 rings (SSSR count). The third-order valence-electron chi connectivity index (χ3n) is 3.43. The average Bonchev–Trinajstić information content (AvgIpc) is 3.17. The summed E-state index contributed by atoms with van der Waals surface area (Å²) in [5.41, 5.74) is 3.94. The number of aromatic nitrogens is 5. The van der Waals surface area contributed by atoms with Gasteiger partial charge in [-0.1, -0.05) is 30.3 Å². The lowest BCUT2D eigenvalue weighted by molar-refractivity contribution is 0.847. The lowest BCUT2D eigenvalue weighted by Crippen LogP contribution is -2.04. The van der Waals surface area contributed by atoms with E-state index in [2.05, 4.69) is 27.2 Å². The van der Waals surface area contributed by atoms with Crippen molar-refractivity contribution in [1.29, 1.82) is 0 Å². The third-order valence-corrected chi connectivity index (χ3v) is 3.43. The largest absolute Gasteiger partial charge is 0.290 e. The fourth-order valence-electron chi connectivity index (χ4n) is 2.46. The topological polar surface area (TPSA) is 48.0 Å². The lowest BCUT2D eigenvalue weighted by Gasteiger charge is -2.07. The Morgan fingerprint density at radius 1 is 1.10 bits per heavy atom. The monoisotopic (exact) mass is 275 g/mol. The summed E-state index contributed by atoms with van der Waals surface area (Å²) in [6, 6.07) is 12.2. The first-order valence-electron chi connectivity index (χ1n) is 6.72. The molecule has 0 aliphatic rings. The molecule has 0 atom stereocenters. The van der Waals surface area contributed by atoms with Crippen LogP contribution in [0.4, 0.5) is 0 Å². The Bertz CT molecular complexity index is 891. The summed E-state index contributed by atoms with van der Waals surface area (Å²) < 4.78 is 3.78. The van der Waals surface area contributed by atoms with Gasteiger partial charge < -0.3 is 0 Å². The van der Waals surface area contributed by atoms with Crippen molar-refractivity contribution in [3.8, 4) is 16.9 Å². The van der Waals surface area contributed by atoms with Crippen molar-refractivity contribution >= 4 is 5.65 Å². The highest BCUT2D eigenvalue weighted by atomic mass is 15.3. The van der Waals surface area contributed by atoms with Crippen molar-refractivity contribution in [2.24, 2.45) is 0 Å². The van der Waals surface area contributed by atoms with Crippen LogP contribution in [-0.4, -0.2) is 24.1 Å². The summed E-state index contributed by atoms with van der Waals surface area (Å²) in [5.74, 6) is 0.928. The molecule has 0 aliphatic carbocycles. The zero-order chi connectivity index (χ0) is 14.2. The Hall–Kier alpha value is -2.95. The fourth-order valence-corrected chi connectivity index (χ4v) is 2.46. The summed E-state index contributed by atoms with van der Waals surface area (Å²) in [7, 11) is 0. The first kappa shape index (κ1) is 11.8. The Labute approximate surface area is 121 Å². The molecule has 5 heteroatoms. The smallest absolute Gasteiger partial charge is 0.165 e. The quantitative estimate of drug-likeness (QED) is 0.565.